The number of halogens is 1. The summed E-state index contributed by atoms with van der Waals surface area (Å²) in [6.45, 7) is -9.04. The number of aromatic nitrogens is 8. The summed E-state index contributed by atoms with van der Waals surface area (Å²) in [5.74, 6) is 0.267. The van der Waals surface area contributed by atoms with E-state index in [1.54, 1.807) is 4.57 Å². The molecule has 21 heteroatoms. The van der Waals surface area contributed by atoms with Gasteiger partial charge < -0.3 is 23.7 Å². The highest BCUT2D eigenvalue weighted by molar-refractivity contribution is 8.44. The van der Waals surface area contributed by atoms with Crippen molar-refractivity contribution in [1.29, 1.82) is 0 Å². The number of thiol groups is 1. The van der Waals surface area contributed by atoms with Crippen LogP contribution >= 0.6 is 25.8 Å². The fraction of sp³-hybridized carbons (Fsp3) is 0.444. The summed E-state index contributed by atoms with van der Waals surface area (Å²) in [6, 6.07) is 0. The van der Waals surface area contributed by atoms with E-state index in [0.29, 0.717) is 11.2 Å². The molecule has 6 heterocycles. The van der Waals surface area contributed by atoms with Gasteiger partial charge in [0.25, 0.3) is 5.56 Å². The largest absolute Gasteiger partial charge is 0.386 e. The van der Waals surface area contributed by atoms with Crippen LogP contribution in [0.4, 0.5) is 4.39 Å². The minimum Gasteiger partial charge on any atom is -0.346 e. The van der Waals surface area contributed by atoms with Crippen LogP contribution in [-0.2, 0) is 52.4 Å². The standard InChI is InChI=1S/C18H19FN8O8P2S2/c19-12-10-4-32-36(29,38)31-2-1-26-11(25-9-3-20-6-21-15(9)26)5-33-37(30,39)35-14(12)18(34-10)27-8-24-13-16(27)22-7-23-17(13)28/h3,6-8,10,12,14,18H,1-2,4-5H2,(H,29,38)(H,30,39)(H,22,23,28)/t10-,12-,14-,18-,36?,37?/m1/s1. The van der Waals surface area contributed by atoms with Crippen LogP contribution in [0.15, 0.2) is 30.0 Å². The summed E-state index contributed by atoms with van der Waals surface area (Å²) in [4.78, 5) is 46.1. The molecule has 4 aromatic rings. The van der Waals surface area contributed by atoms with E-state index in [2.05, 4.69) is 42.2 Å². The van der Waals surface area contributed by atoms with E-state index in [9.17, 15) is 14.3 Å². The van der Waals surface area contributed by atoms with Gasteiger partial charge in [0.1, 0.15) is 36.5 Å². The Morgan fingerprint density at radius 2 is 2.08 bits per heavy atom. The van der Waals surface area contributed by atoms with Gasteiger partial charge in [-0.15, -0.1) is 0 Å². The van der Waals surface area contributed by atoms with Gasteiger partial charge in [0.15, 0.2) is 29.2 Å². The van der Waals surface area contributed by atoms with E-state index in [-0.39, 0.29) is 36.7 Å². The first-order valence-corrected chi connectivity index (χ1v) is 16.5. The number of fused-ring (bicyclic) bond motifs is 6. The van der Waals surface area contributed by atoms with Gasteiger partial charge in [0.05, 0.1) is 32.1 Å². The van der Waals surface area contributed by atoms with E-state index in [0.717, 1.165) is 6.33 Å². The van der Waals surface area contributed by atoms with Crippen molar-refractivity contribution in [3.63, 3.8) is 0 Å². The van der Waals surface area contributed by atoms with Gasteiger partial charge in [-0.3, -0.25) is 22.9 Å². The fourth-order valence-corrected chi connectivity index (χ4v) is 6.75. The second-order valence-electron chi connectivity index (χ2n) is 8.39. The van der Waals surface area contributed by atoms with Gasteiger partial charge in [-0.2, -0.15) is 0 Å². The number of alkyl halides is 1. The normalized spacial score (nSPS) is 32.6. The van der Waals surface area contributed by atoms with E-state index in [1.807, 2.05) is 0 Å². The lowest BCUT2D eigenvalue weighted by Crippen LogP contribution is -2.32. The molecule has 2 aliphatic rings. The number of nitrogens with one attached hydrogen (secondary N) is 1. The first-order valence-electron chi connectivity index (χ1n) is 11.2. The molecular weight excluding hydrogens is 601 g/mol. The zero-order chi connectivity index (χ0) is 27.4. The van der Waals surface area contributed by atoms with Crippen LogP contribution in [0.3, 0.4) is 0 Å². The van der Waals surface area contributed by atoms with Crippen molar-refractivity contribution in [3.05, 3.63) is 41.4 Å². The monoisotopic (exact) mass is 620 g/mol. The van der Waals surface area contributed by atoms with Gasteiger partial charge in [-0.1, -0.05) is 12.2 Å². The molecule has 208 valence electrons. The van der Waals surface area contributed by atoms with Crippen LogP contribution in [0.25, 0.3) is 22.3 Å². The first-order chi connectivity index (χ1) is 18.6. The summed E-state index contributed by atoms with van der Waals surface area (Å²) in [7, 11) is 0. The highest BCUT2D eigenvalue weighted by atomic mass is 32.7. The van der Waals surface area contributed by atoms with Crippen LogP contribution in [0.5, 0.6) is 0 Å². The van der Waals surface area contributed by atoms with E-state index in [1.165, 1.54) is 23.4 Å². The molecule has 4 aromatic heterocycles. The summed E-state index contributed by atoms with van der Waals surface area (Å²) in [5.41, 5.74) is 0.332. The number of rotatable bonds is 1. The van der Waals surface area contributed by atoms with Crippen molar-refractivity contribution in [3.8, 4) is 0 Å². The maximum atomic E-state index is 15.7. The Bertz CT molecular complexity index is 1700. The third-order valence-corrected chi connectivity index (χ3v) is 9.19. The van der Waals surface area contributed by atoms with Gasteiger partial charge in [0.2, 0.25) is 0 Å². The smallest absolute Gasteiger partial charge is 0.346 e. The lowest BCUT2D eigenvalue weighted by atomic mass is 10.1. The Balaban J connectivity index is 1.37. The minimum atomic E-state index is -4.13. The molecule has 0 spiro atoms. The van der Waals surface area contributed by atoms with Gasteiger partial charge in [-0.05, 0) is 11.8 Å². The molecule has 1 fully saturated rings. The maximum Gasteiger partial charge on any atom is 0.386 e. The predicted molar refractivity (Wildman–Crippen MR) is 137 cm³/mol. The molecule has 2 N–H and O–H groups in total. The van der Waals surface area contributed by atoms with Crippen molar-refractivity contribution >= 4 is 59.9 Å². The van der Waals surface area contributed by atoms with Crippen molar-refractivity contribution in [2.24, 2.45) is 0 Å². The number of ether oxygens (including phenoxy) is 1. The molecule has 0 saturated carbocycles. The second kappa shape index (κ2) is 10.3. The zero-order valence-electron chi connectivity index (χ0n) is 19.5. The molecule has 0 aromatic carbocycles. The molecule has 6 atom stereocenters. The van der Waals surface area contributed by atoms with E-state index >= 15 is 4.39 Å². The van der Waals surface area contributed by atoms with Crippen LogP contribution in [-0.4, -0.2) is 75.5 Å². The van der Waals surface area contributed by atoms with E-state index < -0.39 is 50.3 Å². The minimum absolute atomic E-state index is 0.0351. The number of hydrogen-bond acceptors (Lipinski definition) is 13. The summed E-state index contributed by atoms with van der Waals surface area (Å²) in [6.07, 6.45) is -1.07. The Hall–Kier alpha value is -2.18. The number of aromatic amines is 1. The number of hydrogen-bond donors (Lipinski definition) is 3. The molecule has 39 heavy (non-hydrogen) atoms. The summed E-state index contributed by atoms with van der Waals surface area (Å²) in [5, 5.41) is 0. The second-order valence-corrected chi connectivity index (χ2v) is 14.1. The summed E-state index contributed by atoms with van der Waals surface area (Å²) < 4.78 is 59.1. The third kappa shape index (κ3) is 5.31. The highest BCUT2D eigenvalue weighted by Gasteiger charge is 2.50. The Morgan fingerprint density at radius 3 is 2.92 bits per heavy atom. The Morgan fingerprint density at radius 1 is 1.23 bits per heavy atom. The molecule has 2 bridgehead atoms. The SMILES string of the molecule is O=c1[nH]cnc2c1ncn2[C@@H]1O[C@@H]2COP(=O)(S)OCCn3c(nc4cncnc43)COP(O)(=S)O[C@@H]1[C@@H]2F. The number of nitrogens with zero attached hydrogens (tertiary/aromatic N) is 7. The molecule has 0 radical (unpaired) electrons. The molecule has 0 aliphatic carbocycles. The topological polar surface area (TPSA) is 191 Å². The average Bonchev–Trinajstić information content (AvgIpc) is 3.56. The van der Waals surface area contributed by atoms with Crippen LogP contribution in [0.1, 0.15) is 12.1 Å². The molecule has 6 rings (SSSR count). The zero-order valence-corrected chi connectivity index (χ0v) is 23.0. The van der Waals surface area contributed by atoms with Crippen molar-refractivity contribution in [1.82, 2.24) is 39.0 Å². The predicted octanol–water partition coefficient (Wildman–Crippen LogP) is 1.40. The average molecular weight is 620 g/mol. The van der Waals surface area contributed by atoms with Crippen LogP contribution < -0.4 is 5.56 Å². The van der Waals surface area contributed by atoms with E-state index in [4.69, 9.17) is 34.6 Å². The number of imidazole rings is 2. The van der Waals surface area contributed by atoms with Crippen molar-refractivity contribution in [2.45, 2.75) is 37.8 Å². The van der Waals surface area contributed by atoms with Gasteiger partial charge >= 0.3 is 13.5 Å². The highest BCUT2D eigenvalue weighted by Crippen LogP contribution is 2.55. The van der Waals surface area contributed by atoms with Crippen LogP contribution in [0.2, 0.25) is 0 Å². The van der Waals surface area contributed by atoms with Gasteiger partial charge in [-0.25, -0.2) is 33.9 Å². The Kier molecular flexibility index (Phi) is 7.16. The molecule has 1 saturated heterocycles. The third-order valence-electron chi connectivity index (χ3n) is 5.98. The molecular formula is C18H19FN8O8P2S2. The molecule has 0 amide bonds. The van der Waals surface area contributed by atoms with Crippen molar-refractivity contribution < 1.29 is 36.7 Å². The number of H-pyrrole nitrogens is 1. The lowest BCUT2D eigenvalue weighted by Gasteiger charge is -2.25. The summed E-state index contributed by atoms with van der Waals surface area (Å²) >= 11 is 9.18. The Labute approximate surface area is 227 Å². The molecule has 16 nitrogen and oxygen atoms in total. The maximum absolute atomic E-state index is 15.7. The molecule has 2 unspecified atom stereocenters. The fourth-order valence-electron chi connectivity index (χ4n) is 4.26. The quantitative estimate of drug-likeness (QED) is 0.204. The lowest BCUT2D eigenvalue weighted by molar-refractivity contribution is -0.0455. The first kappa shape index (κ1) is 27.0. The van der Waals surface area contributed by atoms with Crippen molar-refractivity contribution in [2.75, 3.05) is 13.2 Å². The van der Waals surface area contributed by atoms with Gasteiger partial charge in [0, 0.05) is 6.54 Å². The molecule has 2 aliphatic heterocycles. The van der Waals surface area contributed by atoms with Crippen LogP contribution in [0, 0.1) is 0 Å².